The summed E-state index contributed by atoms with van der Waals surface area (Å²) in [6.07, 6.45) is 4.10. The first kappa shape index (κ1) is 13.3. The largest absolute Gasteiger partial charge is 0.296 e. The molecule has 0 unspecified atom stereocenters. The second-order valence-corrected chi connectivity index (χ2v) is 5.09. The number of fused-ring (bicyclic) bond motifs is 1. The molecule has 5 heteroatoms. The lowest BCUT2D eigenvalue weighted by atomic mass is 10.1. The minimum Gasteiger partial charge on any atom is -0.296 e. The fourth-order valence-corrected chi connectivity index (χ4v) is 2.71. The van der Waals surface area contributed by atoms with Crippen LogP contribution >= 0.6 is 0 Å². The Kier molecular flexibility index (Phi) is 3.16. The normalized spacial score (nSPS) is 10.8. The molecular formula is C18H12N4O. The summed E-state index contributed by atoms with van der Waals surface area (Å²) in [6, 6.07) is 17.7. The van der Waals surface area contributed by atoms with Crippen LogP contribution in [0, 0.1) is 0 Å². The van der Waals surface area contributed by atoms with Crippen molar-refractivity contribution in [2.75, 3.05) is 0 Å². The number of carbonyl (C=O) groups excluding carboxylic acids is 1. The van der Waals surface area contributed by atoms with Crippen LogP contribution in [0.4, 0.5) is 0 Å². The Labute approximate surface area is 132 Å². The zero-order valence-electron chi connectivity index (χ0n) is 12.1. The molecule has 0 atom stereocenters. The van der Waals surface area contributed by atoms with Crippen LogP contribution in [-0.2, 0) is 0 Å². The first-order valence-electron chi connectivity index (χ1n) is 7.18. The van der Waals surface area contributed by atoms with E-state index in [1.54, 1.807) is 17.1 Å². The van der Waals surface area contributed by atoms with Gasteiger partial charge >= 0.3 is 0 Å². The van der Waals surface area contributed by atoms with Gasteiger partial charge in [-0.1, -0.05) is 41.6 Å². The molecule has 0 aliphatic heterocycles. The SMILES string of the molecule is O=Cc1nnn(-c2cccc3ccccc23)c1-c1ccncc1. The number of aldehydes is 1. The van der Waals surface area contributed by atoms with Crippen LogP contribution in [0.3, 0.4) is 0 Å². The monoisotopic (exact) mass is 300 g/mol. The maximum absolute atomic E-state index is 11.4. The lowest BCUT2D eigenvalue weighted by molar-refractivity contribution is 0.111. The average molecular weight is 300 g/mol. The Balaban J connectivity index is 2.03. The van der Waals surface area contributed by atoms with Gasteiger partial charge in [0.1, 0.15) is 5.69 Å². The van der Waals surface area contributed by atoms with Gasteiger partial charge in [0.2, 0.25) is 0 Å². The maximum Gasteiger partial charge on any atom is 0.172 e. The number of rotatable bonds is 3. The van der Waals surface area contributed by atoms with Crippen LogP contribution in [0.1, 0.15) is 10.5 Å². The van der Waals surface area contributed by atoms with Gasteiger partial charge in [0.15, 0.2) is 12.0 Å². The molecule has 0 N–H and O–H groups in total. The summed E-state index contributed by atoms with van der Waals surface area (Å²) in [5.74, 6) is 0. The number of benzene rings is 2. The average Bonchev–Trinajstić information content (AvgIpc) is 3.06. The van der Waals surface area contributed by atoms with Crippen LogP contribution < -0.4 is 0 Å². The summed E-state index contributed by atoms with van der Waals surface area (Å²) in [7, 11) is 0. The van der Waals surface area contributed by atoms with Gasteiger partial charge in [0.05, 0.1) is 5.69 Å². The number of aromatic nitrogens is 4. The van der Waals surface area contributed by atoms with Crippen LogP contribution in [0.5, 0.6) is 0 Å². The Morgan fingerprint density at radius 1 is 0.913 bits per heavy atom. The van der Waals surface area contributed by atoms with E-state index in [2.05, 4.69) is 15.3 Å². The predicted molar refractivity (Wildman–Crippen MR) is 87.5 cm³/mol. The van der Waals surface area contributed by atoms with Gasteiger partial charge in [-0.15, -0.1) is 5.10 Å². The van der Waals surface area contributed by atoms with Gasteiger partial charge in [-0.2, -0.15) is 0 Å². The number of hydrogen-bond donors (Lipinski definition) is 0. The molecule has 0 saturated heterocycles. The van der Waals surface area contributed by atoms with Crippen LogP contribution in [0.25, 0.3) is 27.7 Å². The van der Waals surface area contributed by atoms with Crippen molar-refractivity contribution in [1.82, 2.24) is 20.0 Å². The first-order chi connectivity index (χ1) is 11.4. The third-order valence-electron chi connectivity index (χ3n) is 3.76. The summed E-state index contributed by atoms with van der Waals surface area (Å²) < 4.78 is 1.71. The minimum atomic E-state index is 0.309. The first-order valence-corrected chi connectivity index (χ1v) is 7.18. The van der Waals surface area contributed by atoms with Crippen molar-refractivity contribution in [3.63, 3.8) is 0 Å². The third-order valence-corrected chi connectivity index (χ3v) is 3.76. The molecular weight excluding hydrogens is 288 g/mol. The number of carbonyl (C=O) groups is 1. The molecule has 0 amide bonds. The zero-order chi connectivity index (χ0) is 15.6. The highest BCUT2D eigenvalue weighted by Gasteiger charge is 2.17. The molecule has 110 valence electrons. The van der Waals surface area contributed by atoms with Gasteiger partial charge in [-0.3, -0.25) is 9.78 Å². The highest BCUT2D eigenvalue weighted by molar-refractivity contribution is 5.92. The van der Waals surface area contributed by atoms with Crippen molar-refractivity contribution in [3.05, 3.63) is 72.7 Å². The fraction of sp³-hybridized carbons (Fsp3) is 0. The highest BCUT2D eigenvalue weighted by Crippen LogP contribution is 2.28. The zero-order valence-corrected chi connectivity index (χ0v) is 12.1. The van der Waals surface area contributed by atoms with E-state index in [1.807, 2.05) is 54.6 Å². The Morgan fingerprint density at radius 2 is 1.70 bits per heavy atom. The molecule has 0 spiro atoms. The van der Waals surface area contributed by atoms with E-state index in [1.165, 1.54) is 0 Å². The molecule has 4 rings (SSSR count). The van der Waals surface area contributed by atoms with E-state index >= 15 is 0 Å². The predicted octanol–water partition coefficient (Wildman–Crippen LogP) is 3.30. The van der Waals surface area contributed by atoms with Crippen LogP contribution in [0.15, 0.2) is 67.0 Å². The summed E-state index contributed by atoms with van der Waals surface area (Å²) in [6.45, 7) is 0. The van der Waals surface area contributed by atoms with Crippen molar-refractivity contribution in [2.45, 2.75) is 0 Å². The molecule has 0 fully saturated rings. The summed E-state index contributed by atoms with van der Waals surface area (Å²) >= 11 is 0. The summed E-state index contributed by atoms with van der Waals surface area (Å²) in [5.41, 5.74) is 2.71. The lowest BCUT2D eigenvalue weighted by Gasteiger charge is -2.10. The summed E-state index contributed by atoms with van der Waals surface area (Å²) in [4.78, 5) is 15.4. The van der Waals surface area contributed by atoms with Crippen molar-refractivity contribution in [3.8, 4) is 16.9 Å². The lowest BCUT2D eigenvalue weighted by Crippen LogP contribution is -2.01. The second kappa shape index (κ2) is 5.46. The fourth-order valence-electron chi connectivity index (χ4n) is 2.71. The summed E-state index contributed by atoms with van der Waals surface area (Å²) in [5, 5.41) is 10.4. The molecule has 0 bridgehead atoms. The van der Waals surface area contributed by atoms with Gasteiger partial charge in [-0.25, -0.2) is 4.68 Å². The quantitative estimate of drug-likeness (QED) is 0.545. The Bertz CT molecular complexity index is 987. The van der Waals surface area contributed by atoms with Crippen molar-refractivity contribution in [1.29, 1.82) is 0 Å². The van der Waals surface area contributed by atoms with E-state index < -0.39 is 0 Å². The molecule has 2 aromatic heterocycles. The van der Waals surface area contributed by atoms with Crippen LogP contribution in [-0.4, -0.2) is 26.3 Å². The molecule has 5 nitrogen and oxygen atoms in total. The molecule has 0 aliphatic carbocycles. The molecule has 23 heavy (non-hydrogen) atoms. The molecule has 4 aromatic rings. The van der Waals surface area contributed by atoms with Gasteiger partial charge < -0.3 is 0 Å². The molecule has 0 radical (unpaired) electrons. The van der Waals surface area contributed by atoms with E-state index in [0.717, 1.165) is 28.3 Å². The van der Waals surface area contributed by atoms with E-state index in [4.69, 9.17) is 0 Å². The van der Waals surface area contributed by atoms with Crippen molar-refractivity contribution < 1.29 is 4.79 Å². The van der Waals surface area contributed by atoms with E-state index in [9.17, 15) is 4.79 Å². The second-order valence-electron chi connectivity index (χ2n) is 5.09. The number of pyridine rings is 1. The molecule has 0 aliphatic rings. The molecule has 0 saturated carbocycles. The highest BCUT2D eigenvalue weighted by atomic mass is 16.1. The Hall–Kier alpha value is -3.34. The topological polar surface area (TPSA) is 60.7 Å². The Morgan fingerprint density at radius 3 is 2.52 bits per heavy atom. The van der Waals surface area contributed by atoms with Gasteiger partial charge in [-0.05, 0) is 23.6 Å². The maximum atomic E-state index is 11.4. The van der Waals surface area contributed by atoms with E-state index in [0.29, 0.717) is 11.4 Å². The minimum absolute atomic E-state index is 0.309. The number of nitrogens with zero attached hydrogens (tertiary/aromatic N) is 4. The van der Waals surface area contributed by atoms with Crippen molar-refractivity contribution >= 4 is 17.1 Å². The smallest absolute Gasteiger partial charge is 0.172 e. The van der Waals surface area contributed by atoms with Crippen molar-refractivity contribution in [2.24, 2.45) is 0 Å². The molecule has 2 aromatic carbocycles. The standard InChI is InChI=1S/C18H12N4O/c23-12-16-18(14-8-10-19-11-9-14)22(21-20-16)17-7-3-5-13-4-1-2-6-15(13)17/h1-12H. The van der Waals surface area contributed by atoms with E-state index in [-0.39, 0.29) is 0 Å². The van der Waals surface area contributed by atoms with Gasteiger partial charge in [0, 0.05) is 23.3 Å². The van der Waals surface area contributed by atoms with Gasteiger partial charge in [0.25, 0.3) is 0 Å². The van der Waals surface area contributed by atoms with Crippen LogP contribution in [0.2, 0.25) is 0 Å². The number of hydrogen-bond acceptors (Lipinski definition) is 4. The molecule has 2 heterocycles. The third kappa shape index (κ3) is 2.19.